The molecule has 4 rings (SSSR count). The van der Waals surface area contributed by atoms with Crippen LogP contribution in [-0.2, 0) is 19.6 Å². The van der Waals surface area contributed by atoms with Gasteiger partial charge >= 0.3 is 0 Å². The maximum atomic E-state index is 12.4. The lowest BCUT2D eigenvalue weighted by molar-refractivity contribution is 0.0708. The highest BCUT2D eigenvalue weighted by molar-refractivity contribution is 7.08. The zero-order valence-corrected chi connectivity index (χ0v) is 12.6. The Bertz CT molecular complexity index is 776. The van der Waals surface area contributed by atoms with E-state index in [1.54, 1.807) is 11.0 Å². The van der Waals surface area contributed by atoms with Crippen molar-refractivity contribution in [2.24, 2.45) is 0 Å². The fourth-order valence-electron chi connectivity index (χ4n) is 2.61. The van der Waals surface area contributed by atoms with Gasteiger partial charge in [0.05, 0.1) is 24.3 Å². The van der Waals surface area contributed by atoms with Crippen LogP contribution in [0, 0.1) is 0 Å². The van der Waals surface area contributed by atoms with Gasteiger partial charge in [0.2, 0.25) is 0 Å². The van der Waals surface area contributed by atoms with Crippen LogP contribution >= 0.6 is 11.3 Å². The summed E-state index contributed by atoms with van der Waals surface area (Å²) in [6.45, 7) is 2.63. The van der Waals surface area contributed by atoms with Gasteiger partial charge in [0.15, 0.2) is 0 Å². The summed E-state index contributed by atoms with van der Waals surface area (Å²) in [6, 6.07) is 1.87. The summed E-state index contributed by atoms with van der Waals surface area (Å²) < 4.78 is 3.85. The van der Waals surface area contributed by atoms with E-state index in [-0.39, 0.29) is 5.91 Å². The monoisotopic (exact) mass is 314 g/mol. The van der Waals surface area contributed by atoms with E-state index in [9.17, 15) is 4.79 Å². The number of imidazole rings is 1. The van der Waals surface area contributed by atoms with Crippen molar-refractivity contribution in [2.75, 3.05) is 6.54 Å². The van der Waals surface area contributed by atoms with Gasteiger partial charge in [-0.3, -0.25) is 4.79 Å². The Morgan fingerprint density at radius 2 is 2.32 bits per heavy atom. The Hall–Kier alpha value is -2.48. The summed E-state index contributed by atoms with van der Waals surface area (Å²) in [4.78, 5) is 22.8. The van der Waals surface area contributed by atoms with E-state index >= 15 is 0 Å². The van der Waals surface area contributed by atoms with E-state index in [0.717, 1.165) is 23.6 Å². The number of carbonyl (C=O) groups is 1. The van der Waals surface area contributed by atoms with Crippen LogP contribution in [0.3, 0.4) is 0 Å². The first kappa shape index (κ1) is 13.2. The molecule has 4 heterocycles. The minimum Gasteiger partial charge on any atom is -0.331 e. The topological polar surface area (TPSA) is 68.8 Å². The van der Waals surface area contributed by atoms with Crippen molar-refractivity contribution in [2.45, 2.75) is 19.6 Å². The molecule has 0 radical (unpaired) electrons. The molecule has 0 spiro atoms. The molecule has 3 aromatic heterocycles. The van der Waals surface area contributed by atoms with Crippen molar-refractivity contribution in [3.63, 3.8) is 0 Å². The average Bonchev–Trinajstić information content (AvgIpc) is 3.27. The van der Waals surface area contributed by atoms with Gasteiger partial charge in [-0.25, -0.2) is 14.6 Å². The van der Waals surface area contributed by atoms with Crippen molar-refractivity contribution >= 4 is 17.2 Å². The van der Waals surface area contributed by atoms with E-state index in [1.807, 2.05) is 27.9 Å². The Morgan fingerprint density at radius 3 is 3.09 bits per heavy atom. The molecule has 0 N–H and O–H groups in total. The second-order valence-electron chi connectivity index (χ2n) is 5.17. The third kappa shape index (κ3) is 2.41. The zero-order chi connectivity index (χ0) is 14.9. The van der Waals surface area contributed by atoms with Crippen LogP contribution in [0.5, 0.6) is 0 Å². The normalized spacial score (nSPS) is 14.1. The van der Waals surface area contributed by atoms with Crippen molar-refractivity contribution in [1.82, 2.24) is 29.2 Å². The van der Waals surface area contributed by atoms with Crippen LogP contribution < -0.4 is 0 Å². The lowest BCUT2D eigenvalue weighted by atomic mass is 10.2. The maximum Gasteiger partial charge on any atom is 0.255 e. The summed E-state index contributed by atoms with van der Waals surface area (Å²) >= 11 is 1.54. The quantitative estimate of drug-likeness (QED) is 0.729. The highest BCUT2D eigenvalue weighted by atomic mass is 32.1. The van der Waals surface area contributed by atoms with Crippen LogP contribution in [0.15, 0.2) is 35.7 Å². The minimum absolute atomic E-state index is 0.0772. The van der Waals surface area contributed by atoms with Gasteiger partial charge in [-0.05, 0) is 11.4 Å². The first-order chi connectivity index (χ1) is 10.8. The molecule has 0 unspecified atom stereocenters. The van der Waals surface area contributed by atoms with Gasteiger partial charge in [-0.1, -0.05) is 0 Å². The lowest BCUT2D eigenvalue weighted by Gasteiger charge is -2.27. The fraction of sp³-hybridized carbons (Fsp3) is 0.286. The van der Waals surface area contributed by atoms with E-state index in [0.29, 0.717) is 19.6 Å². The number of hydrogen-bond acceptors (Lipinski definition) is 5. The van der Waals surface area contributed by atoms with E-state index in [1.165, 1.54) is 17.7 Å². The molecule has 1 aliphatic heterocycles. The molecule has 7 nitrogen and oxygen atoms in total. The van der Waals surface area contributed by atoms with Gasteiger partial charge in [0.25, 0.3) is 5.91 Å². The number of amides is 1. The van der Waals surface area contributed by atoms with Gasteiger partial charge in [-0.2, -0.15) is 16.4 Å². The molecule has 0 fully saturated rings. The van der Waals surface area contributed by atoms with Gasteiger partial charge in [-0.15, -0.1) is 0 Å². The SMILES string of the molecule is O=C(c1ccsc1)N1CCn2cc(Cn3cncn3)nc2C1. The standard InChI is InChI=1S/C14H14N6OS/c21-14(11-1-4-22-8-11)19-3-2-18-5-12(17-13(18)7-19)6-20-10-15-9-16-20/h1,4-5,8-10H,2-3,6-7H2. The Morgan fingerprint density at radius 1 is 1.36 bits per heavy atom. The van der Waals surface area contributed by atoms with Gasteiger partial charge in [0, 0.05) is 24.7 Å². The number of hydrogen-bond donors (Lipinski definition) is 0. The van der Waals surface area contributed by atoms with E-state index < -0.39 is 0 Å². The zero-order valence-electron chi connectivity index (χ0n) is 11.8. The summed E-state index contributed by atoms with van der Waals surface area (Å²) in [5.74, 6) is 0.998. The molecule has 0 aliphatic carbocycles. The Balaban J connectivity index is 1.51. The number of thiophene rings is 1. The highest BCUT2D eigenvalue weighted by Crippen LogP contribution is 2.17. The van der Waals surface area contributed by atoms with E-state index in [4.69, 9.17) is 0 Å². The molecule has 0 bridgehead atoms. The summed E-state index contributed by atoms with van der Waals surface area (Å²) in [6.07, 6.45) is 5.21. The maximum absolute atomic E-state index is 12.4. The third-order valence-corrected chi connectivity index (χ3v) is 4.38. The molecule has 3 aromatic rings. The summed E-state index contributed by atoms with van der Waals surface area (Å²) in [5, 5.41) is 7.90. The Kier molecular flexibility index (Phi) is 3.23. The van der Waals surface area contributed by atoms with Crippen molar-refractivity contribution < 1.29 is 4.79 Å². The molecular weight excluding hydrogens is 300 g/mol. The van der Waals surface area contributed by atoms with Crippen LogP contribution in [0.25, 0.3) is 0 Å². The summed E-state index contributed by atoms with van der Waals surface area (Å²) in [5.41, 5.74) is 1.69. The first-order valence-electron chi connectivity index (χ1n) is 6.98. The van der Waals surface area contributed by atoms with Crippen molar-refractivity contribution in [3.05, 3.63) is 52.8 Å². The second-order valence-corrected chi connectivity index (χ2v) is 5.95. The molecule has 0 saturated heterocycles. The first-order valence-corrected chi connectivity index (χ1v) is 7.93. The van der Waals surface area contributed by atoms with Gasteiger partial charge < -0.3 is 9.47 Å². The third-order valence-electron chi connectivity index (χ3n) is 3.70. The van der Waals surface area contributed by atoms with Gasteiger partial charge in [0.1, 0.15) is 18.5 Å². The molecule has 0 aromatic carbocycles. The minimum atomic E-state index is 0.0772. The second kappa shape index (κ2) is 5.38. The average molecular weight is 314 g/mol. The van der Waals surface area contributed by atoms with E-state index in [2.05, 4.69) is 19.6 Å². The van der Waals surface area contributed by atoms with Crippen LogP contribution in [-0.4, -0.2) is 41.7 Å². The number of rotatable bonds is 3. The van der Waals surface area contributed by atoms with Crippen LogP contribution in [0.4, 0.5) is 0 Å². The Labute approximate surface area is 130 Å². The van der Waals surface area contributed by atoms with Crippen LogP contribution in [0.1, 0.15) is 21.9 Å². The predicted molar refractivity (Wildman–Crippen MR) is 80.4 cm³/mol. The molecular formula is C14H14N6OS. The number of fused-ring (bicyclic) bond motifs is 1. The molecule has 22 heavy (non-hydrogen) atoms. The molecule has 1 aliphatic rings. The molecule has 112 valence electrons. The largest absolute Gasteiger partial charge is 0.331 e. The van der Waals surface area contributed by atoms with Crippen LogP contribution in [0.2, 0.25) is 0 Å². The van der Waals surface area contributed by atoms with Crippen molar-refractivity contribution in [1.29, 1.82) is 0 Å². The number of carbonyl (C=O) groups excluding carboxylic acids is 1. The molecule has 8 heteroatoms. The number of nitrogens with zero attached hydrogens (tertiary/aromatic N) is 6. The molecule has 1 amide bonds. The smallest absolute Gasteiger partial charge is 0.255 e. The predicted octanol–water partition coefficient (Wildman–Crippen LogP) is 1.24. The number of aromatic nitrogens is 5. The fourth-order valence-corrected chi connectivity index (χ4v) is 3.24. The molecule has 0 saturated carbocycles. The molecule has 0 atom stereocenters. The summed E-state index contributed by atoms with van der Waals surface area (Å²) in [7, 11) is 0. The highest BCUT2D eigenvalue weighted by Gasteiger charge is 2.23. The van der Waals surface area contributed by atoms with Crippen molar-refractivity contribution in [3.8, 4) is 0 Å². The lowest BCUT2D eigenvalue weighted by Crippen LogP contribution is -2.38.